The second-order valence-corrected chi connectivity index (χ2v) is 12.0. The molecule has 0 aliphatic carbocycles. The van der Waals surface area contributed by atoms with Gasteiger partial charge in [0.1, 0.15) is 11.6 Å². The lowest BCUT2D eigenvalue weighted by atomic mass is 9.77. The van der Waals surface area contributed by atoms with Gasteiger partial charge in [-0.05, 0) is 79.3 Å². The van der Waals surface area contributed by atoms with Crippen molar-refractivity contribution in [3.63, 3.8) is 0 Å². The number of H-pyrrole nitrogens is 2. The average molecular weight is 599 g/mol. The summed E-state index contributed by atoms with van der Waals surface area (Å²) in [7, 11) is 0. The van der Waals surface area contributed by atoms with Crippen molar-refractivity contribution in [2.45, 2.75) is 52.2 Å². The van der Waals surface area contributed by atoms with E-state index in [4.69, 9.17) is 0 Å². The Morgan fingerprint density at radius 3 is 2.42 bits per heavy atom. The molecule has 0 radical (unpaired) electrons. The standard InChI is InChI=1S/C37H38N6O2/c1-23-16-28(17-24(2)25(23)3)20-41-36(45)35(31-21-39-34-13-12-27(19-38)18-30(31)34)37(42-26(4)44,43-14-8-5-9-15-43)32-22-40-33-11-7-6-10-29(32)33/h5-8,10-13,16-18,21-22,35,39-40H,9,14-15,20H2,1-4H3,(H,41,45)(H,42,44). The van der Waals surface area contributed by atoms with Crippen molar-refractivity contribution in [1.82, 2.24) is 25.5 Å². The molecule has 0 saturated heterocycles. The summed E-state index contributed by atoms with van der Waals surface area (Å²) in [6.07, 6.45) is 8.76. The number of para-hydroxylation sites is 1. The number of hydrogen-bond acceptors (Lipinski definition) is 4. The minimum absolute atomic E-state index is 0.234. The van der Waals surface area contributed by atoms with Crippen molar-refractivity contribution in [2.75, 3.05) is 13.1 Å². The van der Waals surface area contributed by atoms with Gasteiger partial charge in [-0.25, -0.2) is 0 Å². The predicted molar refractivity (Wildman–Crippen MR) is 177 cm³/mol. The first-order valence-corrected chi connectivity index (χ1v) is 15.3. The molecule has 2 unspecified atom stereocenters. The van der Waals surface area contributed by atoms with Crippen LogP contribution in [0.25, 0.3) is 21.8 Å². The van der Waals surface area contributed by atoms with Crippen LogP contribution in [0.15, 0.2) is 79.1 Å². The van der Waals surface area contributed by atoms with Crippen LogP contribution in [0.4, 0.5) is 0 Å². The number of carbonyl (C=O) groups excluding carboxylic acids is 2. The lowest BCUT2D eigenvalue weighted by molar-refractivity contribution is -0.132. The van der Waals surface area contributed by atoms with E-state index in [-0.39, 0.29) is 11.8 Å². The average Bonchev–Trinajstić information content (AvgIpc) is 3.67. The van der Waals surface area contributed by atoms with E-state index in [1.807, 2.05) is 48.8 Å². The lowest BCUT2D eigenvalue weighted by Crippen LogP contribution is -2.64. The van der Waals surface area contributed by atoms with Crippen LogP contribution in [0.1, 0.15) is 58.2 Å². The number of nitrogens with zero attached hydrogens (tertiary/aromatic N) is 2. The molecule has 0 spiro atoms. The largest absolute Gasteiger partial charge is 0.361 e. The van der Waals surface area contributed by atoms with Gasteiger partial charge in [-0.1, -0.05) is 42.5 Å². The van der Waals surface area contributed by atoms with Crippen LogP contribution in [0.5, 0.6) is 0 Å². The van der Waals surface area contributed by atoms with Crippen LogP contribution in [0, 0.1) is 32.1 Å². The van der Waals surface area contributed by atoms with Gasteiger partial charge in [0.05, 0.1) is 11.6 Å². The highest BCUT2D eigenvalue weighted by Gasteiger charge is 2.52. The van der Waals surface area contributed by atoms with Crippen LogP contribution >= 0.6 is 0 Å². The number of rotatable bonds is 8. The zero-order chi connectivity index (χ0) is 31.7. The van der Waals surface area contributed by atoms with Gasteiger partial charge in [-0.2, -0.15) is 5.26 Å². The summed E-state index contributed by atoms with van der Waals surface area (Å²) in [4.78, 5) is 37.2. The molecule has 4 N–H and O–H groups in total. The smallest absolute Gasteiger partial charge is 0.232 e. The van der Waals surface area contributed by atoms with Crippen molar-refractivity contribution in [3.05, 3.63) is 118 Å². The van der Waals surface area contributed by atoms with E-state index in [0.717, 1.165) is 39.4 Å². The van der Waals surface area contributed by atoms with Crippen molar-refractivity contribution >= 4 is 33.6 Å². The van der Waals surface area contributed by atoms with Gasteiger partial charge in [0.25, 0.3) is 0 Å². The Balaban J connectivity index is 1.60. The third-order valence-corrected chi connectivity index (χ3v) is 9.21. The molecule has 228 valence electrons. The number of nitriles is 1. The number of carbonyl (C=O) groups is 2. The molecule has 8 nitrogen and oxygen atoms in total. The van der Waals surface area contributed by atoms with Crippen LogP contribution in [-0.2, 0) is 21.8 Å². The fourth-order valence-corrected chi connectivity index (χ4v) is 6.87. The molecule has 1 aliphatic rings. The molecule has 2 atom stereocenters. The maximum absolute atomic E-state index is 15.0. The first-order valence-electron chi connectivity index (χ1n) is 15.3. The fraction of sp³-hybridized carbons (Fsp3) is 0.270. The second-order valence-electron chi connectivity index (χ2n) is 12.0. The molecule has 3 heterocycles. The third-order valence-electron chi connectivity index (χ3n) is 9.21. The Labute approximate surface area is 263 Å². The number of nitrogens with one attached hydrogen (secondary N) is 4. The molecular formula is C37H38N6O2. The number of aromatic nitrogens is 2. The van der Waals surface area contributed by atoms with E-state index < -0.39 is 11.6 Å². The summed E-state index contributed by atoms with van der Waals surface area (Å²) >= 11 is 0. The first-order chi connectivity index (χ1) is 21.7. The van der Waals surface area contributed by atoms with E-state index in [1.165, 1.54) is 23.6 Å². The van der Waals surface area contributed by atoms with Gasteiger partial charge in [0, 0.05) is 66.3 Å². The number of fused-ring (bicyclic) bond motifs is 2. The van der Waals surface area contributed by atoms with E-state index in [2.05, 4.69) is 76.6 Å². The molecule has 0 fully saturated rings. The highest BCUT2D eigenvalue weighted by molar-refractivity contribution is 5.96. The number of aryl methyl sites for hydroxylation is 2. The highest BCUT2D eigenvalue weighted by atomic mass is 16.2. The third kappa shape index (κ3) is 5.41. The second kappa shape index (κ2) is 12.1. The van der Waals surface area contributed by atoms with Gasteiger partial charge >= 0.3 is 0 Å². The SMILES string of the molecule is CC(=O)NC(c1c[nH]c2ccccc12)(C(C(=O)NCc1cc(C)c(C)c(C)c1)c1c[nH]c2ccc(C#N)cc12)N1CC=CCC1. The fourth-order valence-electron chi connectivity index (χ4n) is 6.87. The Kier molecular flexibility index (Phi) is 8.05. The molecule has 0 saturated carbocycles. The molecule has 0 bridgehead atoms. The zero-order valence-corrected chi connectivity index (χ0v) is 26.1. The van der Waals surface area contributed by atoms with E-state index >= 15 is 0 Å². The topological polar surface area (TPSA) is 117 Å². The summed E-state index contributed by atoms with van der Waals surface area (Å²) in [6, 6.07) is 19.8. The maximum Gasteiger partial charge on any atom is 0.232 e. The molecule has 1 aliphatic heterocycles. The van der Waals surface area contributed by atoms with Crippen molar-refractivity contribution in [1.29, 1.82) is 5.26 Å². The number of benzene rings is 3. The van der Waals surface area contributed by atoms with Crippen molar-refractivity contribution in [2.24, 2.45) is 0 Å². The number of hydrogen-bond donors (Lipinski definition) is 4. The molecule has 5 aromatic rings. The van der Waals surface area contributed by atoms with Gasteiger partial charge in [-0.15, -0.1) is 0 Å². The van der Waals surface area contributed by atoms with Crippen LogP contribution in [0.2, 0.25) is 0 Å². The molecular weight excluding hydrogens is 560 g/mol. The molecule has 3 aromatic carbocycles. The molecule has 2 aromatic heterocycles. The summed E-state index contributed by atoms with van der Waals surface area (Å²) in [5, 5.41) is 18.1. The Hall–Kier alpha value is -5.13. The molecule has 6 rings (SSSR count). The normalized spacial score (nSPS) is 15.4. The molecule has 45 heavy (non-hydrogen) atoms. The minimum Gasteiger partial charge on any atom is -0.361 e. The Bertz CT molecular complexity index is 1970. The maximum atomic E-state index is 15.0. The minimum atomic E-state index is -1.28. The summed E-state index contributed by atoms with van der Waals surface area (Å²) in [5.41, 5.74) is 7.00. The Morgan fingerprint density at radius 1 is 0.978 bits per heavy atom. The van der Waals surface area contributed by atoms with Crippen LogP contribution in [0.3, 0.4) is 0 Å². The number of amides is 2. The predicted octanol–water partition coefficient (Wildman–Crippen LogP) is 6.10. The summed E-state index contributed by atoms with van der Waals surface area (Å²) in [6.45, 7) is 9.25. The monoisotopic (exact) mass is 598 g/mol. The van der Waals surface area contributed by atoms with E-state index in [1.54, 1.807) is 6.07 Å². The number of aromatic amines is 2. The van der Waals surface area contributed by atoms with Crippen molar-refractivity contribution < 1.29 is 9.59 Å². The quantitative estimate of drug-likeness (QED) is 0.162. The first kappa shape index (κ1) is 29.9. The summed E-state index contributed by atoms with van der Waals surface area (Å²) in [5.74, 6) is -1.39. The van der Waals surface area contributed by atoms with Gasteiger partial charge < -0.3 is 20.6 Å². The van der Waals surface area contributed by atoms with Crippen LogP contribution < -0.4 is 10.6 Å². The Morgan fingerprint density at radius 2 is 1.71 bits per heavy atom. The van der Waals surface area contributed by atoms with Crippen LogP contribution in [-0.4, -0.2) is 39.8 Å². The lowest BCUT2D eigenvalue weighted by Gasteiger charge is -2.49. The zero-order valence-electron chi connectivity index (χ0n) is 26.1. The van der Waals surface area contributed by atoms with E-state index in [0.29, 0.717) is 30.8 Å². The van der Waals surface area contributed by atoms with Crippen molar-refractivity contribution in [3.8, 4) is 6.07 Å². The van der Waals surface area contributed by atoms with E-state index in [9.17, 15) is 14.9 Å². The molecule has 8 heteroatoms. The van der Waals surface area contributed by atoms with Gasteiger partial charge in [-0.3, -0.25) is 14.5 Å². The molecule has 2 amide bonds. The van der Waals surface area contributed by atoms with Gasteiger partial charge in [0.2, 0.25) is 11.8 Å². The summed E-state index contributed by atoms with van der Waals surface area (Å²) < 4.78 is 0. The highest BCUT2D eigenvalue weighted by Crippen LogP contribution is 2.46. The van der Waals surface area contributed by atoms with Gasteiger partial charge in [0.15, 0.2) is 0 Å².